The molecule has 3 aliphatic rings. The number of carbonyl (C=O) groups is 1. The molecule has 0 spiro atoms. The highest BCUT2D eigenvalue weighted by molar-refractivity contribution is 6.04. The van der Waals surface area contributed by atoms with Crippen LogP contribution in [-0.4, -0.2) is 53.0 Å². The lowest BCUT2D eigenvalue weighted by atomic mass is 10.1. The topological polar surface area (TPSA) is 74.5 Å². The smallest absolute Gasteiger partial charge is 0.291 e. The van der Waals surface area contributed by atoms with Gasteiger partial charge in [0.1, 0.15) is 5.58 Å². The predicted octanol–water partition coefficient (Wildman–Crippen LogP) is 2.76. The molecule has 0 saturated carbocycles. The third kappa shape index (κ3) is 3.14. The van der Waals surface area contributed by atoms with Gasteiger partial charge < -0.3 is 19.5 Å². The van der Waals surface area contributed by atoms with Gasteiger partial charge in [-0.15, -0.1) is 0 Å². The maximum atomic E-state index is 12.4. The third-order valence-corrected chi connectivity index (χ3v) is 5.46. The van der Waals surface area contributed by atoms with E-state index in [2.05, 4.69) is 25.1 Å². The van der Waals surface area contributed by atoms with E-state index in [0.717, 1.165) is 50.4 Å². The van der Waals surface area contributed by atoms with Gasteiger partial charge in [-0.1, -0.05) is 18.2 Å². The zero-order chi connectivity index (χ0) is 18.2. The highest BCUT2D eigenvalue weighted by Crippen LogP contribution is 2.25. The second-order valence-electron chi connectivity index (χ2n) is 7.14. The Bertz CT molecular complexity index is 927. The molecule has 27 heavy (non-hydrogen) atoms. The molecule has 3 fully saturated rings. The predicted molar refractivity (Wildman–Crippen MR) is 103 cm³/mol. The van der Waals surface area contributed by atoms with Crippen molar-refractivity contribution in [1.29, 1.82) is 0 Å². The van der Waals surface area contributed by atoms with Crippen LogP contribution in [0.15, 0.2) is 47.1 Å². The number of para-hydroxylation sites is 1. The fraction of sp³-hybridized carbons (Fsp3) is 0.350. The number of fused-ring (bicyclic) bond motifs is 5. The van der Waals surface area contributed by atoms with Crippen LogP contribution in [0.3, 0.4) is 0 Å². The number of benzene rings is 1. The molecule has 1 aromatic carbocycles. The summed E-state index contributed by atoms with van der Waals surface area (Å²) in [5.41, 5.74) is 1.26. The number of hydrogen-bond acceptors (Lipinski definition) is 6. The van der Waals surface area contributed by atoms with Gasteiger partial charge in [0, 0.05) is 37.6 Å². The SMILES string of the molecule is O=C(Nc1cnc(N2CCN3CCC2CC3)nc1)c1cc2ccccc2o1. The first-order valence-electron chi connectivity index (χ1n) is 9.37. The molecule has 5 heterocycles. The van der Waals surface area contributed by atoms with E-state index in [1.165, 1.54) is 0 Å². The molecule has 2 bridgehead atoms. The van der Waals surface area contributed by atoms with Crippen LogP contribution in [0.4, 0.5) is 11.6 Å². The third-order valence-electron chi connectivity index (χ3n) is 5.46. The largest absolute Gasteiger partial charge is 0.451 e. The second-order valence-corrected chi connectivity index (χ2v) is 7.14. The van der Waals surface area contributed by atoms with Crippen LogP contribution in [0, 0.1) is 0 Å². The second kappa shape index (κ2) is 6.66. The van der Waals surface area contributed by atoms with Crippen LogP contribution in [0.2, 0.25) is 0 Å². The molecular weight excluding hydrogens is 342 g/mol. The number of nitrogens with one attached hydrogen (secondary N) is 1. The number of anilines is 2. The van der Waals surface area contributed by atoms with Crippen LogP contribution in [0.5, 0.6) is 0 Å². The first-order valence-corrected chi connectivity index (χ1v) is 9.37. The van der Waals surface area contributed by atoms with Crippen molar-refractivity contribution in [1.82, 2.24) is 14.9 Å². The molecule has 2 aromatic heterocycles. The minimum Gasteiger partial charge on any atom is -0.451 e. The summed E-state index contributed by atoms with van der Waals surface area (Å²) in [5, 5.41) is 3.71. The van der Waals surface area contributed by atoms with Crippen molar-refractivity contribution in [3.8, 4) is 0 Å². The van der Waals surface area contributed by atoms with Crippen molar-refractivity contribution in [2.45, 2.75) is 18.9 Å². The summed E-state index contributed by atoms with van der Waals surface area (Å²) in [7, 11) is 0. The monoisotopic (exact) mass is 363 g/mol. The molecule has 0 unspecified atom stereocenters. The Morgan fingerprint density at radius 1 is 1.07 bits per heavy atom. The van der Waals surface area contributed by atoms with E-state index >= 15 is 0 Å². The average Bonchev–Trinajstić information content (AvgIpc) is 2.92. The molecule has 138 valence electrons. The van der Waals surface area contributed by atoms with Gasteiger partial charge in [0.25, 0.3) is 5.91 Å². The molecular formula is C20H21N5O2. The number of carbonyl (C=O) groups excluding carboxylic acids is 1. The first kappa shape index (κ1) is 16.3. The van der Waals surface area contributed by atoms with Crippen LogP contribution >= 0.6 is 0 Å². The van der Waals surface area contributed by atoms with E-state index < -0.39 is 0 Å². The van der Waals surface area contributed by atoms with Crippen molar-refractivity contribution in [2.75, 3.05) is 36.4 Å². The summed E-state index contributed by atoms with van der Waals surface area (Å²) >= 11 is 0. The van der Waals surface area contributed by atoms with E-state index in [1.807, 2.05) is 24.3 Å². The van der Waals surface area contributed by atoms with Gasteiger partial charge in [0.15, 0.2) is 5.76 Å². The van der Waals surface area contributed by atoms with E-state index in [0.29, 0.717) is 17.3 Å². The molecule has 1 amide bonds. The fourth-order valence-electron chi connectivity index (χ4n) is 3.97. The van der Waals surface area contributed by atoms with E-state index in [9.17, 15) is 4.79 Å². The molecule has 1 N–H and O–H groups in total. The Labute approximate surface area is 157 Å². The Kier molecular flexibility index (Phi) is 4.01. The Morgan fingerprint density at radius 2 is 1.85 bits per heavy atom. The van der Waals surface area contributed by atoms with Gasteiger partial charge in [-0.3, -0.25) is 4.79 Å². The molecule has 6 rings (SSSR count). The Morgan fingerprint density at radius 3 is 2.63 bits per heavy atom. The first-order chi connectivity index (χ1) is 13.3. The van der Waals surface area contributed by atoms with Crippen molar-refractivity contribution < 1.29 is 9.21 Å². The van der Waals surface area contributed by atoms with Crippen LogP contribution in [0.1, 0.15) is 23.4 Å². The molecule has 0 radical (unpaired) electrons. The molecule has 3 saturated heterocycles. The van der Waals surface area contributed by atoms with Crippen molar-refractivity contribution in [3.63, 3.8) is 0 Å². The molecule has 3 aliphatic heterocycles. The van der Waals surface area contributed by atoms with Crippen molar-refractivity contribution >= 4 is 28.5 Å². The molecule has 7 heteroatoms. The number of rotatable bonds is 3. The van der Waals surface area contributed by atoms with E-state index in [4.69, 9.17) is 4.42 Å². The van der Waals surface area contributed by atoms with Crippen molar-refractivity contribution in [2.24, 2.45) is 0 Å². The fourth-order valence-corrected chi connectivity index (χ4v) is 3.97. The molecule has 0 aliphatic carbocycles. The van der Waals surface area contributed by atoms with Crippen LogP contribution in [-0.2, 0) is 0 Å². The minimum atomic E-state index is -0.302. The Hall–Kier alpha value is -2.93. The highest BCUT2D eigenvalue weighted by Gasteiger charge is 2.30. The number of furan rings is 1. The number of piperidine rings is 1. The lowest BCUT2D eigenvalue weighted by Crippen LogP contribution is -2.38. The van der Waals surface area contributed by atoms with Gasteiger partial charge >= 0.3 is 0 Å². The van der Waals surface area contributed by atoms with Gasteiger partial charge in [0.05, 0.1) is 18.1 Å². The zero-order valence-corrected chi connectivity index (χ0v) is 15.0. The Balaban J connectivity index is 1.30. The summed E-state index contributed by atoms with van der Waals surface area (Å²) in [6.45, 7) is 4.33. The maximum absolute atomic E-state index is 12.4. The maximum Gasteiger partial charge on any atom is 0.291 e. The average molecular weight is 363 g/mol. The van der Waals surface area contributed by atoms with Crippen LogP contribution < -0.4 is 10.2 Å². The summed E-state index contributed by atoms with van der Waals surface area (Å²) in [4.78, 5) is 26.2. The zero-order valence-electron chi connectivity index (χ0n) is 15.0. The number of hydrogen-bond donors (Lipinski definition) is 1. The normalized spacial score (nSPS) is 22.0. The van der Waals surface area contributed by atoms with Crippen LogP contribution in [0.25, 0.3) is 11.0 Å². The molecule has 7 nitrogen and oxygen atoms in total. The lowest BCUT2D eigenvalue weighted by Gasteiger charge is -2.31. The quantitative estimate of drug-likeness (QED) is 0.771. The number of amides is 1. The van der Waals surface area contributed by atoms with Gasteiger partial charge in [-0.2, -0.15) is 0 Å². The number of aromatic nitrogens is 2. The summed E-state index contributed by atoms with van der Waals surface area (Å²) in [5.74, 6) is 0.716. The highest BCUT2D eigenvalue weighted by atomic mass is 16.3. The van der Waals surface area contributed by atoms with Gasteiger partial charge in [0.2, 0.25) is 5.95 Å². The van der Waals surface area contributed by atoms with E-state index in [-0.39, 0.29) is 11.7 Å². The summed E-state index contributed by atoms with van der Waals surface area (Å²) < 4.78 is 5.60. The molecule has 0 atom stereocenters. The number of nitrogens with zero attached hydrogens (tertiary/aromatic N) is 4. The summed E-state index contributed by atoms with van der Waals surface area (Å²) in [6, 6.07) is 9.81. The van der Waals surface area contributed by atoms with Crippen molar-refractivity contribution in [3.05, 3.63) is 48.5 Å². The lowest BCUT2D eigenvalue weighted by molar-refractivity contribution is 0.0998. The van der Waals surface area contributed by atoms with Gasteiger partial charge in [-0.25, -0.2) is 9.97 Å². The van der Waals surface area contributed by atoms with E-state index in [1.54, 1.807) is 18.5 Å². The molecule has 3 aromatic rings. The minimum absolute atomic E-state index is 0.277. The summed E-state index contributed by atoms with van der Waals surface area (Å²) in [6.07, 6.45) is 5.66. The standard InChI is InChI=1S/C20H21N5O2/c26-19(18-11-14-3-1-2-4-17(14)27-18)23-15-12-21-20(22-13-15)25-10-9-24-7-5-16(25)6-8-24/h1-4,11-13,16H,5-10H2,(H,23,26). The van der Waals surface area contributed by atoms with Gasteiger partial charge in [-0.05, 0) is 25.0 Å².